The molecule has 0 unspecified atom stereocenters. The molecule has 1 aliphatic rings. The molecule has 4 aromatic carbocycles. The van der Waals surface area contributed by atoms with E-state index in [0.717, 1.165) is 44.8 Å². The van der Waals surface area contributed by atoms with Crippen molar-refractivity contribution < 1.29 is 30.5 Å². The van der Waals surface area contributed by atoms with Crippen LogP contribution in [0.25, 0.3) is 5.57 Å². The average Bonchev–Trinajstić information content (AvgIpc) is 3.02. The van der Waals surface area contributed by atoms with E-state index >= 15 is 0 Å². The first-order chi connectivity index (χ1) is 21.8. The predicted molar refractivity (Wildman–Crippen MR) is 181 cm³/mol. The van der Waals surface area contributed by atoms with Crippen molar-refractivity contribution in [3.8, 4) is 0 Å². The molecule has 0 radical (unpaired) electrons. The topological polar surface area (TPSA) is 115 Å². The van der Waals surface area contributed by atoms with Gasteiger partial charge in [0.1, 0.15) is 7.05 Å². The molecule has 4 aromatic rings. The minimum absolute atomic E-state index is 0.129. The Labute approximate surface area is 270 Å². The molecule has 236 valence electrons. The maximum atomic E-state index is 11.4. The third-order valence-corrected chi connectivity index (χ3v) is 9.55. The molecule has 0 saturated heterocycles. The van der Waals surface area contributed by atoms with Gasteiger partial charge in [0.15, 0.2) is 12.3 Å². The summed E-state index contributed by atoms with van der Waals surface area (Å²) in [6.45, 7) is 3.17. The number of nitrogens with zero attached hydrogens (tertiary/aromatic N) is 2. The zero-order chi connectivity index (χ0) is 33.1. The molecule has 0 saturated carbocycles. The van der Waals surface area contributed by atoms with Gasteiger partial charge in [0, 0.05) is 37.0 Å². The van der Waals surface area contributed by atoms with Gasteiger partial charge < -0.3 is 4.90 Å². The number of aryl methyl sites for hydroxylation is 1. The number of benzene rings is 4. The lowest BCUT2D eigenvalue weighted by molar-refractivity contribution is -0.512. The van der Waals surface area contributed by atoms with E-state index in [9.17, 15) is 25.9 Å². The fraction of sp³-hybridized carbons (Fsp3) is 0.139. The van der Waals surface area contributed by atoms with E-state index in [2.05, 4.69) is 89.2 Å². The van der Waals surface area contributed by atoms with Crippen molar-refractivity contribution in [3.05, 3.63) is 155 Å². The Morgan fingerprint density at radius 2 is 1.11 bits per heavy atom. The summed E-state index contributed by atoms with van der Waals surface area (Å²) >= 11 is 0. The summed E-state index contributed by atoms with van der Waals surface area (Å²) in [6, 6.07) is 29.1. The van der Waals surface area contributed by atoms with Crippen LogP contribution in [0.2, 0.25) is 0 Å². The fourth-order valence-electron chi connectivity index (χ4n) is 5.25. The molecule has 0 atom stereocenters. The van der Waals surface area contributed by atoms with Crippen molar-refractivity contribution in [2.75, 3.05) is 19.0 Å². The highest BCUT2D eigenvalue weighted by Crippen LogP contribution is 2.31. The second-order valence-corrected chi connectivity index (χ2v) is 14.1. The van der Waals surface area contributed by atoms with Crippen LogP contribution in [-0.4, -0.2) is 50.3 Å². The van der Waals surface area contributed by atoms with Crippen LogP contribution in [0.15, 0.2) is 137 Å². The van der Waals surface area contributed by atoms with Crippen molar-refractivity contribution >= 4 is 37.2 Å². The van der Waals surface area contributed by atoms with E-state index in [0.29, 0.717) is 13.1 Å². The zero-order valence-corrected chi connectivity index (χ0v) is 27.3. The van der Waals surface area contributed by atoms with Crippen LogP contribution in [0, 0.1) is 6.92 Å². The van der Waals surface area contributed by atoms with Crippen molar-refractivity contribution in [1.29, 1.82) is 0 Å². The maximum Gasteiger partial charge on any atom is 0.294 e. The molecule has 0 heterocycles. The molecule has 0 aliphatic heterocycles. The Balaban J connectivity index is 1.39. The molecule has 0 spiro atoms. The van der Waals surface area contributed by atoms with E-state index < -0.39 is 20.2 Å². The number of rotatable bonds is 9. The number of hydrogen-bond donors (Lipinski definition) is 2. The summed E-state index contributed by atoms with van der Waals surface area (Å²) in [5.74, 6) is 0. The van der Waals surface area contributed by atoms with E-state index in [1.54, 1.807) is 24.3 Å². The normalized spacial score (nSPS) is 13.2. The second kappa shape index (κ2) is 13.4. The van der Waals surface area contributed by atoms with Gasteiger partial charge in [-0.25, -0.2) is 4.58 Å². The minimum Gasteiger partial charge on any atom is -0.370 e. The maximum absolute atomic E-state index is 11.4. The minimum atomic E-state index is -4.23. The summed E-state index contributed by atoms with van der Waals surface area (Å²) in [5, 5.41) is 0. The fourth-order valence-corrected chi connectivity index (χ4v) is 6.21. The van der Waals surface area contributed by atoms with Gasteiger partial charge in [-0.1, -0.05) is 66.2 Å². The van der Waals surface area contributed by atoms with Gasteiger partial charge in [0.25, 0.3) is 20.2 Å². The molecule has 1 aliphatic carbocycles. The molecule has 0 amide bonds. The molecule has 46 heavy (non-hydrogen) atoms. The molecule has 0 bridgehead atoms. The van der Waals surface area contributed by atoms with Crippen LogP contribution in [0.3, 0.4) is 0 Å². The Morgan fingerprint density at radius 1 is 0.652 bits per heavy atom. The van der Waals surface area contributed by atoms with Crippen LogP contribution in [0.5, 0.6) is 0 Å². The Kier molecular flexibility index (Phi) is 9.55. The Bertz CT molecular complexity index is 2060. The highest BCUT2D eigenvalue weighted by Gasteiger charge is 2.16. The van der Waals surface area contributed by atoms with E-state index in [1.807, 2.05) is 14.1 Å². The third-order valence-electron chi connectivity index (χ3n) is 7.82. The van der Waals surface area contributed by atoms with E-state index in [-0.39, 0.29) is 9.79 Å². The van der Waals surface area contributed by atoms with Crippen LogP contribution >= 0.6 is 0 Å². The van der Waals surface area contributed by atoms with Gasteiger partial charge in [-0.05, 0) is 83.3 Å². The summed E-state index contributed by atoms with van der Waals surface area (Å²) < 4.78 is 66.0. The van der Waals surface area contributed by atoms with Crippen LogP contribution in [-0.2, 0) is 33.3 Å². The van der Waals surface area contributed by atoms with Crippen LogP contribution in [0.4, 0.5) is 5.69 Å². The molecule has 0 fully saturated rings. The average molecular weight is 656 g/mol. The molecule has 8 nitrogen and oxygen atoms in total. The molecule has 2 N–H and O–H groups in total. The molecule has 5 rings (SSSR count). The van der Waals surface area contributed by atoms with Gasteiger partial charge in [0.2, 0.25) is 0 Å². The van der Waals surface area contributed by atoms with Gasteiger partial charge in [0.05, 0.1) is 9.79 Å². The van der Waals surface area contributed by atoms with Crippen LogP contribution in [0.1, 0.15) is 27.8 Å². The van der Waals surface area contributed by atoms with Gasteiger partial charge in [-0.15, -0.1) is 0 Å². The number of allylic oxidation sites excluding steroid dienone is 5. The van der Waals surface area contributed by atoms with Crippen molar-refractivity contribution in [2.45, 2.75) is 29.8 Å². The van der Waals surface area contributed by atoms with E-state index in [1.165, 1.54) is 29.8 Å². The van der Waals surface area contributed by atoms with Crippen molar-refractivity contribution in [3.63, 3.8) is 0 Å². The zero-order valence-electron chi connectivity index (χ0n) is 25.7. The number of anilines is 1. The monoisotopic (exact) mass is 655 g/mol. The van der Waals surface area contributed by atoms with Gasteiger partial charge in [-0.2, -0.15) is 16.8 Å². The summed E-state index contributed by atoms with van der Waals surface area (Å²) in [6.07, 6.45) is 8.31. The first kappa shape index (κ1) is 32.8. The summed E-state index contributed by atoms with van der Waals surface area (Å²) in [4.78, 5) is 1.81. The van der Waals surface area contributed by atoms with Crippen molar-refractivity contribution in [2.24, 2.45) is 0 Å². The Hall–Kier alpha value is -4.61. The van der Waals surface area contributed by atoms with Crippen molar-refractivity contribution in [1.82, 2.24) is 0 Å². The van der Waals surface area contributed by atoms with Gasteiger partial charge >= 0.3 is 0 Å². The highest BCUT2D eigenvalue weighted by molar-refractivity contribution is 7.86. The largest absolute Gasteiger partial charge is 0.370 e. The predicted octanol–water partition coefficient (Wildman–Crippen LogP) is 6.34. The lowest BCUT2D eigenvalue weighted by Crippen LogP contribution is -2.16. The molecular formula is C36H35N2O6S2+. The number of hydrogen-bond acceptors (Lipinski definition) is 5. The first-order valence-corrected chi connectivity index (χ1v) is 17.4. The first-order valence-electron chi connectivity index (χ1n) is 14.5. The lowest BCUT2D eigenvalue weighted by atomic mass is 9.90. The van der Waals surface area contributed by atoms with Crippen LogP contribution < -0.4 is 4.90 Å². The standard InChI is InChI=1S/C36H34N2O6S2/c1-26-4-10-29(11-5-26)36(30-12-16-32(17-13-30)37(2)24-27-6-20-34(21-7-27)45(39,40)41)31-14-18-33(19-15-31)38(3)25-28-8-22-35(23-9-28)46(42,43)44/h4-23H,24-25H2,1-3H3,(H-,39,40,41,42,43,44)/p+1. The lowest BCUT2D eigenvalue weighted by Gasteiger charge is -2.21. The summed E-state index contributed by atoms with van der Waals surface area (Å²) in [7, 11) is -4.52. The third kappa shape index (κ3) is 7.96. The van der Waals surface area contributed by atoms with E-state index in [4.69, 9.17) is 0 Å². The Morgan fingerprint density at radius 3 is 1.59 bits per heavy atom. The molecule has 0 aromatic heterocycles. The SMILES string of the molecule is Cc1ccc(C(=C2C=CC(=[N+](C)Cc3ccc(S(=O)(=O)O)cc3)C=C2)c2ccc(N(C)Cc3ccc(S(=O)(=O)O)cc3)cc2)cc1. The smallest absolute Gasteiger partial charge is 0.294 e. The van der Waals surface area contributed by atoms with Gasteiger partial charge in [-0.3, -0.25) is 9.11 Å². The quantitative estimate of drug-likeness (QED) is 0.160. The molecular weight excluding hydrogens is 621 g/mol. The summed E-state index contributed by atoms with van der Waals surface area (Å²) in [5.41, 5.74) is 9.26. The second-order valence-electron chi connectivity index (χ2n) is 11.3. The highest BCUT2D eigenvalue weighted by atomic mass is 32.2. The molecule has 10 heteroatoms.